The van der Waals surface area contributed by atoms with Gasteiger partial charge in [0.15, 0.2) is 0 Å². The normalized spacial score (nSPS) is 21.9. The van der Waals surface area contributed by atoms with Crippen LogP contribution in [0.1, 0.15) is 29.8 Å². The molecule has 0 spiro atoms. The molecule has 2 bridgehead atoms. The zero-order chi connectivity index (χ0) is 15.8. The maximum absolute atomic E-state index is 13.0. The molecular weight excluding hydrogens is 384 g/mol. The molecule has 2 atom stereocenters. The molecule has 1 amide bonds. The molecule has 0 radical (unpaired) electrons. The molecule has 2 aliphatic heterocycles. The van der Waals surface area contributed by atoms with E-state index in [1.54, 1.807) is 17.5 Å². The number of rotatable bonds is 2. The van der Waals surface area contributed by atoms with E-state index in [2.05, 4.69) is 10.3 Å². The maximum atomic E-state index is 13.0. The Balaban J connectivity index is 0.00000113. The maximum Gasteiger partial charge on any atom is 0.273 e. The van der Waals surface area contributed by atoms with Crippen molar-refractivity contribution in [3.05, 3.63) is 41.2 Å². The lowest BCUT2D eigenvalue weighted by Gasteiger charge is -2.23. The minimum Gasteiger partial charge on any atom is -0.336 e. The van der Waals surface area contributed by atoms with E-state index >= 15 is 0 Å². The Hall–Kier alpha value is -1.21. The fourth-order valence-corrected chi connectivity index (χ4v) is 4.19. The van der Waals surface area contributed by atoms with Crippen molar-refractivity contribution < 1.29 is 9.18 Å². The molecule has 1 aromatic carbocycles. The summed E-state index contributed by atoms with van der Waals surface area (Å²) >= 11 is 1.42. The fraction of sp³-hybridized carbons (Fsp3) is 0.412. The van der Waals surface area contributed by atoms with Crippen molar-refractivity contribution in [3.8, 4) is 10.6 Å². The molecule has 0 saturated carbocycles. The first-order valence-corrected chi connectivity index (χ1v) is 8.84. The first-order valence-electron chi connectivity index (χ1n) is 7.96. The molecule has 1 N–H and O–H groups in total. The van der Waals surface area contributed by atoms with E-state index in [4.69, 9.17) is 0 Å². The second-order valence-electron chi connectivity index (χ2n) is 6.22. The van der Waals surface area contributed by atoms with Crippen molar-refractivity contribution >= 4 is 42.1 Å². The van der Waals surface area contributed by atoms with Gasteiger partial charge in [0.2, 0.25) is 0 Å². The summed E-state index contributed by atoms with van der Waals surface area (Å²) in [6.45, 7) is 1.55. The molecule has 4 nitrogen and oxygen atoms in total. The highest BCUT2D eigenvalue weighted by Gasteiger charge is 2.32. The topological polar surface area (TPSA) is 45.2 Å². The predicted molar refractivity (Wildman–Crippen MR) is 102 cm³/mol. The number of benzene rings is 1. The van der Waals surface area contributed by atoms with E-state index in [-0.39, 0.29) is 36.5 Å². The molecule has 2 aromatic rings. The van der Waals surface area contributed by atoms with Crippen LogP contribution in [-0.2, 0) is 0 Å². The van der Waals surface area contributed by atoms with E-state index in [1.807, 2.05) is 4.90 Å². The quantitative estimate of drug-likeness (QED) is 0.829. The zero-order valence-electron chi connectivity index (χ0n) is 13.5. The molecule has 2 unspecified atom stereocenters. The fourth-order valence-electron chi connectivity index (χ4n) is 3.39. The van der Waals surface area contributed by atoms with Crippen LogP contribution in [0, 0.1) is 5.82 Å². The molecule has 2 fully saturated rings. The third-order valence-electron chi connectivity index (χ3n) is 4.62. The molecule has 3 heterocycles. The number of nitrogens with one attached hydrogen (secondary N) is 1. The summed E-state index contributed by atoms with van der Waals surface area (Å²) in [5.74, 6) is -0.266. The molecule has 136 valence electrons. The summed E-state index contributed by atoms with van der Waals surface area (Å²) in [6.07, 6.45) is 3.38. The van der Waals surface area contributed by atoms with Crippen molar-refractivity contribution in [1.29, 1.82) is 0 Å². The number of hydrogen-bond acceptors (Lipinski definition) is 4. The number of aromatic nitrogens is 1. The van der Waals surface area contributed by atoms with Crippen LogP contribution in [0.5, 0.6) is 0 Å². The number of nitrogens with zero attached hydrogens (tertiary/aromatic N) is 2. The predicted octanol–water partition coefficient (Wildman–Crippen LogP) is 3.76. The number of carbonyl (C=O) groups excluding carboxylic acids is 1. The van der Waals surface area contributed by atoms with Gasteiger partial charge >= 0.3 is 0 Å². The molecule has 1 aromatic heterocycles. The number of fused-ring (bicyclic) bond motifs is 2. The lowest BCUT2D eigenvalue weighted by molar-refractivity contribution is 0.0743. The highest BCUT2D eigenvalue weighted by atomic mass is 35.5. The van der Waals surface area contributed by atoms with Crippen molar-refractivity contribution in [2.24, 2.45) is 0 Å². The second kappa shape index (κ2) is 8.45. The number of thiazole rings is 1. The third-order valence-corrected chi connectivity index (χ3v) is 5.52. The van der Waals surface area contributed by atoms with Crippen molar-refractivity contribution in [2.75, 3.05) is 13.1 Å². The average Bonchev–Trinajstić information content (AvgIpc) is 3.14. The Morgan fingerprint density at radius 2 is 1.88 bits per heavy atom. The molecular formula is C17H20Cl2FN3OS. The summed E-state index contributed by atoms with van der Waals surface area (Å²) in [5, 5.41) is 6.13. The second-order valence-corrected chi connectivity index (χ2v) is 7.08. The van der Waals surface area contributed by atoms with Gasteiger partial charge in [-0.2, -0.15) is 0 Å². The van der Waals surface area contributed by atoms with Crippen molar-refractivity contribution in [2.45, 2.75) is 31.3 Å². The van der Waals surface area contributed by atoms with Gasteiger partial charge in [-0.25, -0.2) is 9.37 Å². The van der Waals surface area contributed by atoms with Gasteiger partial charge in [0.25, 0.3) is 5.91 Å². The largest absolute Gasteiger partial charge is 0.336 e. The van der Waals surface area contributed by atoms with E-state index in [9.17, 15) is 9.18 Å². The first-order chi connectivity index (χ1) is 11.2. The van der Waals surface area contributed by atoms with Gasteiger partial charge in [-0.1, -0.05) is 0 Å². The van der Waals surface area contributed by atoms with Crippen LogP contribution < -0.4 is 5.32 Å². The standard InChI is InChI=1S/C17H18FN3OS.2ClH/c18-12-3-1-11(2-4-12)16-20-15(10-23-16)17(22)21-8-7-13-5-6-14(9-21)19-13;;/h1-4,10,13-14,19H,5-9H2;2*1H. The van der Waals surface area contributed by atoms with Crippen LogP contribution in [0.4, 0.5) is 4.39 Å². The van der Waals surface area contributed by atoms with E-state index in [1.165, 1.54) is 29.9 Å². The van der Waals surface area contributed by atoms with Crippen LogP contribution in [-0.4, -0.2) is 41.0 Å². The smallest absolute Gasteiger partial charge is 0.273 e. The highest BCUT2D eigenvalue weighted by Crippen LogP contribution is 2.26. The molecule has 2 saturated heterocycles. The molecule has 4 rings (SSSR count). The van der Waals surface area contributed by atoms with Crippen LogP contribution in [0.3, 0.4) is 0 Å². The van der Waals surface area contributed by atoms with Crippen LogP contribution in [0.25, 0.3) is 10.6 Å². The SMILES string of the molecule is Cl.Cl.O=C(c1csc(-c2ccc(F)cc2)n1)N1CCC2CCC(C1)N2. The number of carbonyl (C=O) groups is 1. The van der Waals surface area contributed by atoms with Gasteiger partial charge in [-0.15, -0.1) is 36.2 Å². The minimum atomic E-state index is -0.270. The lowest BCUT2D eigenvalue weighted by atomic mass is 10.1. The summed E-state index contributed by atoms with van der Waals surface area (Å²) in [6, 6.07) is 7.18. The van der Waals surface area contributed by atoms with Crippen LogP contribution in [0.15, 0.2) is 29.6 Å². The molecule has 25 heavy (non-hydrogen) atoms. The molecule has 8 heteroatoms. The van der Waals surface area contributed by atoms with E-state index in [0.29, 0.717) is 17.8 Å². The molecule has 0 aliphatic carbocycles. The Kier molecular flexibility index (Phi) is 6.79. The van der Waals surface area contributed by atoms with Gasteiger partial charge in [0, 0.05) is 36.1 Å². The number of halogens is 3. The number of amides is 1. The van der Waals surface area contributed by atoms with Gasteiger partial charge in [0.1, 0.15) is 16.5 Å². The number of hydrogen-bond donors (Lipinski definition) is 1. The van der Waals surface area contributed by atoms with Gasteiger partial charge in [-0.3, -0.25) is 4.79 Å². The molecule has 2 aliphatic rings. The average molecular weight is 404 g/mol. The van der Waals surface area contributed by atoms with Crippen LogP contribution >= 0.6 is 36.2 Å². The Bertz CT molecular complexity index is 725. The summed E-state index contributed by atoms with van der Waals surface area (Å²) in [7, 11) is 0. The van der Waals surface area contributed by atoms with E-state index < -0.39 is 0 Å². The summed E-state index contributed by atoms with van der Waals surface area (Å²) < 4.78 is 13.0. The van der Waals surface area contributed by atoms with Gasteiger partial charge in [0.05, 0.1) is 0 Å². The Morgan fingerprint density at radius 3 is 2.64 bits per heavy atom. The summed E-state index contributed by atoms with van der Waals surface area (Å²) in [4.78, 5) is 19.1. The van der Waals surface area contributed by atoms with Crippen LogP contribution in [0.2, 0.25) is 0 Å². The van der Waals surface area contributed by atoms with Crippen molar-refractivity contribution in [1.82, 2.24) is 15.2 Å². The Morgan fingerprint density at radius 1 is 1.16 bits per heavy atom. The van der Waals surface area contributed by atoms with Gasteiger partial charge in [-0.05, 0) is 43.5 Å². The summed E-state index contributed by atoms with van der Waals surface area (Å²) in [5.41, 5.74) is 1.33. The van der Waals surface area contributed by atoms with Crippen molar-refractivity contribution in [3.63, 3.8) is 0 Å². The minimum absolute atomic E-state index is 0. The number of likely N-dealkylation sites (tertiary alicyclic amines) is 1. The Labute approximate surface area is 162 Å². The lowest BCUT2D eigenvalue weighted by Crippen LogP contribution is -2.39. The highest BCUT2D eigenvalue weighted by molar-refractivity contribution is 7.13. The first kappa shape index (κ1) is 20.1. The zero-order valence-corrected chi connectivity index (χ0v) is 15.9. The van der Waals surface area contributed by atoms with Gasteiger partial charge < -0.3 is 10.2 Å². The monoisotopic (exact) mass is 403 g/mol. The van der Waals surface area contributed by atoms with E-state index in [0.717, 1.165) is 36.5 Å². The third kappa shape index (κ3) is 4.31.